The molecule has 0 atom stereocenters. The van der Waals surface area contributed by atoms with Crippen LogP contribution >= 0.6 is 11.3 Å². The molecule has 1 amide bonds. The number of nitrogens with zero attached hydrogens (tertiary/aromatic N) is 4. The number of carbonyl (C=O) groups is 1. The van der Waals surface area contributed by atoms with E-state index in [4.69, 9.17) is 4.98 Å². The third kappa shape index (κ3) is 3.93. The summed E-state index contributed by atoms with van der Waals surface area (Å²) in [5.74, 6) is 0.520. The number of H-pyrrole nitrogens is 2. The molecule has 1 aromatic carbocycles. The molecule has 0 fully saturated rings. The zero-order chi connectivity index (χ0) is 24.8. The monoisotopic (exact) mass is 493 g/mol. The Morgan fingerprint density at radius 2 is 1.83 bits per heavy atom. The van der Waals surface area contributed by atoms with Gasteiger partial charge in [0, 0.05) is 44.6 Å². The average molecular weight is 494 g/mol. The van der Waals surface area contributed by atoms with Crippen LogP contribution in [-0.2, 0) is 4.79 Å². The van der Waals surface area contributed by atoms with Gasteiger partial charge in [-0.05, 0) is 42.8 Å². The number of anilines is 1. The number of aryl methyl sites for hydroxylation is 1. The van der Waals surface area contributed by atoms with Crippen molar-refractivity contribution in [2.75, 3.05) is 5.32 Å². The lowest BCUT2D eigenvalue weighted by molar-refractivity contribution is -0.118. The fraction of sp³-hybridized carbons (Fsp3) is 0.148. The molecule has 0 unspecified atom stereocenters. The number of amides is 1. The summed E-state index contributed by atoms with van der Waals surface area (Å²) in [5, 5.41) is 11.5. The molecule has 36 heavy (non-hydrogen) atoms. The Balaban J connectivity index is 1.41. The maximum absolute atomic E-state index is 12.1. The van der Waals surface area contributed by atoms with Crippen molar-refractivity contribution < 1.29 is 4.79 Å². The van der Waals surface area contributed by atoms with E-state index in [9.17, 15) is 4.79 Å². The van der Waals surface area contributed by atoms with Crippen molar-refractivity contribution in [3.05, 3.63) is 66.1 Å². The van der Waals surface area contributed by atoms with E-state index in [1.54, 1.807) is 29.9 Å². The Morgan fingerprint density at radius 3 is 2.64 bits per heavy atom. The smallest absolute Gasteiger partial charge is 0.226 e. The minimum atomic E-state index is -0.109. The SMILES string of the molecule is Cc1ccc(-c2cncc3[nH]c(-c4n[nH]c5ccc(-c6cncc(NC(=O)C(C)C)c6)cc45)nc23)s1. The second-order valence-corrected chi connectivity index (χ2v) is 10.3. The molecule has 0 saturated carbocycles. The molecule has 5 aromatic heterocycles. The highest BCUT2D eigenvalue weighted by Gasteiger charge is 2.17. The molecule has 0 aliphatic heterocycles. The van der Waals surface area contributed by atoms with Gasteiger partial charge in [-0.25, -0.2) is 4.98 Å². The van der Waals surface area contributed by atoms with Gasteiger partial charge in [0.2, 0.25) is 5.91 Å². The van der Waals surface area contributed by atoms with Crippen LogP contribution in [0.3, 0.4) is 0 Å². The van der Waals surface area contributed by atoms with E-state index in [-0.39, 0.29) is 11.8 Å². The van der Waals surface area contributed by atoms with Crippen molar-refractivity contribution in [2.24, 2.45) is 5.92 Å². The summed E-state index contributed by atoms with van der Waals surface area (Å²) >= 11 is 1.72. The number of carbonyl (C=O) groups excluding carboxylic acids is 1. The number of imidazole rings is 1. The molecule has 178 valence electrons. The summed E-state index contributed by atoms with van der Waals surface area (Å²) in [4.78, 5) is 31.6. The zero-order valence-corrected chi connectivity index (χ0v) is 20.8. The molecule has 5 heterocycles. The normalized spacial score (nSPS) is 11.6. The average Bonchev–Trinajstić information content (AvgIpc) is 3.61. The topological polar surface area (TPSA) is 112 Å². The second-order valence-electron chi connectivity index (χ2n) is 9.02. The number of aromatic nitrogens is 6. The first kappa shape index (κ1) is 22.1. The van der Waals surface area contributed by atoms with Gasteiger partial charge in [0.1, 0.15) is 11.2 Å². The number of fused-ring (bicyclic) bond motifs is 2. The number of benzene rings is 1. The standard InChI is InChI=1S/C27H23N7OS/c1-14(2)27(35)30-18-8-17(10-28-11-18)16-5-6-21-19(9-16)25(34-33-21)26-31-22-13-29-12-20(24(22)32-26)23-7-4-15(3)36-23/h4-14H,1-3H3,(H,30,35)(H,31,32)(H,33,34). The molecule has 0 aliphatic carbocycles. The number of hydrogen-bond acceptors (Lipinski definition) is 6. The minimum absolute atomic E-state index is 0.0435. The van der Waals surface area contributed by atoms with E-state index in [1.807, 2.05) is 38.2 Å². The molecule has 6 rings (SSSR count). The van der Waals surface area contributed by atoms with Crippen LogP contribution in [0.5, 0.6) is 0 Å². The quantitative estimate of drug-likeness (QED) is 0.265. The largest absolute Gasteiger partial charge is 0.335 e. The van der Waals surface area contributed by atoms with Crippen LogP contribution < -0.4 is 5.32 Å². The summed E-state index contributed by atoms with van der Waals surface area (Å²) in [6.45, 7) is 5.81. The number of aromatic amines is 2. The zero-order valence-electron chi connectivity index (χ0n) is 20.0. The van der Waals surface area contributed by atoms with Crippen LogP contribution in [0.2, 0.25) is 0 Å². The Kier molecular flexibility index (Phi) is 5.34. The fourth-order valence-corrected chi connectivity index (χ4v) is 5.01. The van der Waals surface area contributed by atoms with Crippen LogP contribution in [0.15, 0.2) is 61.2 Å². The van der Waals surface area contributed by atoms with Gasteiger partial charge in [-0.1, -0.05) is 19.9 Å². The van der Waals surface area contributed by atoms with E-state index in [0.717, 1.165) is 49.2 Å². The van der Waals surface area contributed by atoms with Crippen molar-refractivity contribution in [2.45, 2.75) is 20.8 Å². The Hall–Kier alpha value is -4.37. The van der Waals surface area contributed by atoms with E-state index in [1.165, 1.54) is 4.88 Å². The summed E-state index contributed by atoms with van der Waals surface area (Å²) in [7, 11) is 0. The van der Waals surface area contributed by atoms with E-state index < -0.39 is 0 Å². The molecule has 0 saturated heterocycles. The van der Waals surface area contributed by atoms with Crippen molar-refractivity contribution in [3.8, 4) is 33.1 Å². The second kappa shape index (κ2) is 8.69. The maximum atomic E-state index is 12.1. The van der Waals surface area contributed by atoms with Gasteiger partial charge in [-0.15, -0.1) is 11.3 Å². The van der Waals surface area contributed by atoms with Crippen molar-refractivity contribution in [3.63, 3.8) is 0 Å². The van der Waals surface area contributed by atoms with Gasteiger partial charge in [-0.2, -0.15) is 5.10 Å². The molecule has 6 aromatic rings. The van der Waals surface area contributed by atoms with Crippen LogP contribution in [0.4, 0.5) is 5.69 Å². The number of nitrogens with one attached hydrogen (secondary N) is 3. The molecule has 9 heteroatoms. The molecule has 0 aliphatic rings. The summed E-state index contributed by atoms with van der Waals surface area (Å²) < 4.78 is 0. The molecule has 0 bridgehead atoms. The van der Waals surface area contributed by atoms with Gasteiger partial charge in [0.15, 0.2) is 5.82 Å². The van der Waals surface area contributed by atoms with Crippen LogP contribution in [0.1, 0.15) is 18.7 Å². The van der Waals surface area contributed by atoms with E-state index >= 15 is 0 Å². The first-order valence-electron chi connectivity index (χ1n) is 11.6. The van der Waals surface area contributed by atoms with Gasteiger partial charge in [-0.3, -0.25) is 19.9 Å². The predicted octanol–water partition coefficient (Wildman–Crippen LogP) is 6.19. The number of thiophene rings is 1. The first-order valence-corrected chi connectivity index (χ1v) is 12.4. The van der Waals surface area contributed by atoms with Crippen molar-refractivity contribution in [1.82, 2.24) is 30.1 Å². The van der Waals surface area contributed by atoms with Crippen LogP contribution in [-0.4, -0.2) is 36.0 Å². The van der Waals surface area contributed by atoms with Gasteiger partial charge >= 0.3 is 0 Å². The highest BCUT2D eigenvalue weighted by molar-refractivity contribution is 7.15. The highest BCUT2D eigenvalue weighted by Crippen LogP contribution is 2.35. The molecule has 3 N–H and O–H groups in total. The van der Waals surface area contributed by atoms with E-state index in [0.29, 0.717) is 11.5 Å². The Bertz CT molecular complexity index is 1740. The van der Waals surface area contributed by atoms with Gasteiger partial charge in [0.05, 0.1) is 29.1 Å². The van der Waals surface area contributed by atoms with E-state index in [2.05, 4.69) is 55.6 Å². The first-order chi connectivity index (χ1) is 17.5. The van der Waals surface area contributed by atoms with Gasteiger partial charge < -0.3 is 10.3 Å². The number of rotatable bonds is 5. The summed E-state index contributed by atoms with van der Waals surface area (Å²) in [6, 6.07) is 12.2. The lowest BCUT2D eigenvalue weighted by atomic mass is 10.0. The molecule has 0 spiro atoms. The predicted molar refractivity (Wildman–Crippen MR) is 144 cm³/mol. The summed E-state index contributed by atoms with van der Waals surface area (Å²) in [6.07, 6.45) is 7.09. The van der Waals surface area contributed by atoms with Gasteiger partial charge in [0.25, 0.3) is 0 Å². The Morgan fingerprint density at radius 1 is 0.972 bits per heavy atom. The molecule has 0 radical (unpaired) electrons. The molecule has 8 nitrogen and oxygen atoms in total. The van der Waals surface area contributed by atoms with Crippen LogP contribution in [0.25, 0.3) is 55.0 Å². The molecular formula is C27H23N7OS. The summed E-state index contributed by atoms with van der Waals surface area (Å²) in [5.41, 5.74) is 6.89. The van der Waals surface area contributed by atoms with Crippen LogP contribution in [0, 0.1) is 12.8 Å². The third-order valence-electron chi connectivity index (χ3n) is 6.05. The maximum Gasteiger partial charge on any atom is 0.226 e. The minimum Gasteiger partial charge on any atom is -0.335 e. The highest BCUT2D eigenvalue weighted by atomic mass is 32.1. The molecular weight excluding hydrogens is 470 g/mol. The third-order valence-corrected chi connectivity index (χ3v) is 7.08. The lowest BCUT2D eigenvalue weighted by Gasteiger charge is -2.09. The Labute approximate surface area is 210 Å². The van der Waals surface area contributed by atoms with Crippen molar-refractivity contribution in [1.29, 1.82) is 0 Å². The van der Waals surface area contributed by atoms with Crippen molar-refractivity contribution >= 4 is 44.9 Å². The fourth-order valence-electron chi connectivity index (χ4n) is 4.13. The number of pyridine rings is 2. The number of hydrogen-bond donors (Lipinski definition) is 3. The lowest BCUT2D eigenvalue weighted by Crippen LogP contribution is -2.17.